The van der Waals surface area contributed by atoms with Crippen LogP contribution in [0.2, 0.25) is 0 Å². The van der Waals surface area contributed by atoms with Crippen molar-refractivity contribution in [2.45, 2.75) is 44.2 Å². The molecule has 3 aliphatic heterocycles. The predicted molar refractivity (Wildman–Crippen MR) is 92.8 cm³/mol. The summed E-state index contributed by atoms with van der Waals surface area (Å²) in [5.74, 6) is 1.64. The molecule has 1 aromatic carbocycles. The summed E-state index contributed by atoms with van der Waals surface area (Å²) in [7, 11) is 0. The van der Waals surface area contributed by atoms with Crippen LogP contribution in [0.4, 0.5) is 0 Å². The normalized spacial score (nSPS) is 25.9. The van der Waals surface area contributed by atoms with Crippen LogP contribution in [0.15, 0.2) is 18.2 Å². The molecule has 6 heteroatoms. The van der Waals surface area contributed by atoms with E-state index in [0.717, 1.165) is 36.8 Å². The van der Waals surface area contributed by atoms with Gasteiger partial charge < -0.3 is 19.5 Å². The Morgan fingerprint density at radius 2 is 1.96 bits per heavy atom. The van der Waals surface area contributed by atoms with Crippen LogP contribution < -0.4 is 14.8 Å². The second kappa shape index (κ2) is 7.62. The molecular weight excluding hydrogens is 320 g/mol. The molecule has 25 heavy (non-hydrogen) atoms. The summed E-state index contributed by atoms with van der Waals surface area (Å²) in [4.78, 5) is 14.9. The maximum Gasteiger partial charge on any atom is 0.231 e. The highest BCUT2D eigenvalue weighted by Gasteiger charge is 2.34. The first-order valence-electron chi connectivity index (χ1n) is 9.29. The number of piperidine rings is 1. The summed E-state index contributed by atoms with van der Waals surface area (Å²) in [6.45, 7) is 3.87. The molecule has 0 aromatic heterocycles. The van der Waals surface area contributed by atoms with E-state index < -0.39 is 0 Å². The Balaban J connectivity index is 1.28. The topological polar surface area (TPSA) is 60.0 Å². The van der Waals surface area contributed by atoms with Gasteiger partial charge in [0.1, 0.15) is 0 Å². The van der Waals surface area contributed by atoms with Crippen molar-refractivity contribution >= 4 is 5.91 Å². The number of benzene rings is 1. The Labute approximate surface area is 148 Å². The number of ether oxygens (including phenoxy) is 3. The average Bonchev–Trinajstić information content (AvgIpc) is 3.29. The molecule has 1 amide bonds. The van der Waals surface area contributed by atoms with E-state index in [9.17, 15) is 4.79 Å². The molecule has 0 spiro atoms. The lowest BCUT2D eigenvalue weighted by atomic mass is 10.0. The monoisotopic (exact) mass is 346 g/mol. The molecule has 0 radical (unpaired) electrons. The van der Waals surface area contributed by atoms with Gasteiger partial charge in [-0.15, -0.1) is 0 Å². The van der Waals surface area contributed by atoms with Crippen LogP contribution in [0.5, 0.6) is 11.5 Å². The first kappa shape index (κ1) is 16.7. The fourth-order valence-electron chi connectivity index (χ4n) is 3.92. The maximum atomic E-state index is 12.4. The van der Waals surface area contributed by atoms with E-state index in [1.54, 1.807) is 0 Å². The van der Waals surface area contributed by atoms with Crippen LogP contribution in [0.1, 0.15) is 31.2 Å². The van der Waals surface area contributed by atoms with Crippen LogP contribution in [0, 0.1) is 0 Å². The second-order valence-electron chi connectivity index (χ2n) is 7.06. The highest BCUT2D eigenvalue weighted by molar-refractivity contribution is 5.76. The van der Waals surface area contributed by atoms with Crippen molar-refractivity contribution in [3.63, 3.8) is 0 Å². The number of nitrogens with zero attached hydrogens (tertiary/aromatic N) is 1. The number of carbonyl (C=O) groups excluding carboxylic acids is 1. The molecule has 0 saturated carbocycles. The van der Waals surface area contributed by atoms with E-state index in [0.29, 0.717) is 25.5 Å². The standard InChI is InChI=1S/C19H26N2O4/c22-19(7-5-14-4-6-17-18(10-14)25-13-24-17)20-15-11-23-12-16(15)21-8-2-1-3-9-21/h4,6,10,15-16H,1-3,5,7-9,11-13H2,(H,20,22)/t15-,16-/m1/s1. The van der Waals surface area contributed by atoms with Crippen LogP contribution in [-0.2, 0) is 16.0 Å². The fraction of sp³-hybridized carbons (Fsp3) is 0.632. The molecule has 1 aromatic rings. The average molecular weight is 346 g/mol. The Kier molecular flexibility index (Phi) is 5.08. The van der Waals surface area contributed by atoms with Crippen molar-refractivity contribution < 1.29 is 19.0 Å². The quantitative estimate of drug-likeness (QED) is 0.880. The van der Waals surface area contributed by atoms with Crippen LogP contribution in [0.3, 0.4) is 0 Å². The van der Waals surface area contributed by atoms with Crippen LogP contribution >= 0.6 is 0 Å². The van der Waals surface area contributed by atoms with Crippen molar-refractivity contribution in [1.29, 1.82) is 0 Å². The summed E-state index contributed by atoms with van der Waals surface area (Å²) in [5, 5.41) is 3.19. The lowest BCUT2D eigenvalue weighted by Crippen LogP contribution is -2.52. The first-order chi connectivity index (χ1) is 12.3. The Morgan fingerprint density at radius 3 is 2.84 bits per heavy atom. The largest absolute Gasteiger partial charge is 0.454 e. The molecule has 0 unspecified atom stereocenters. The van der Waals surface area contributed by atoms with Gasteiger partial charge in [0.05, 0.1) is 25.3 Å². The number of hydrogen-bond acceptors (Lipinski definition) is 5. The summed E-state index contributed by atoms with van der Waals surface area (Å²) in [5.41, 5.74) is 1.09. The predicted octanol–water partition coefficient (Wildman–Crippen LogP) is 1.72. The number of likely N-dealkylation sites (tertiary alicyclic amines) is 1. The zero-order valence-electron chi connectivity index (χ0n) is 14.5. The molecule has 2 saturated heterocycles. The number of fused-ring (bicyclic) bond motifs is 1. The van der Waals surface area contributed by atoms with Gasteiger partial charge in [-0.25, -0.2) is 0 Å². The Hall–Kier alpha value is -1.79. The smallest absolute Gasteiger partial charge is 0.231 e. The number of amides is 1. The van der Waals surface area contributed by atoms with E-state index in [-0.39, 0.29) is 18.7 Å². The minimum Gasteiger partial charge on any atom is -0.454 e. The van der Waals surface area contributed by atoms with Gasteiger partial charge in [-0.2, -0.15) is 0 Å². The van der Waals surface area contributed by atoms with E-state index in [1.165, 1.54) is 19.3 Å². The third-order valence-electron chi connectivity index (χ3n) is 5.33. The molecule has 4 rings (SSSR count). The lowest BCUT2D eigenvalue weighted by Gasteiger charge is -2.34. The van der Waals surface area contributed by atoms with Gasteiger partial charge in [0.2, 0.25) is 12.7 Å². The van der Waals surface area contributed by atoms with Gasteiger partial charge in [-0.3, -0.25) is 9.69 Å². The summed E-state index contributed by atoms with van der Waals surface area (Å²) in [6.07, 6.45) is 4.99. The molecular formula is C19H26N2O4. The second-order valence-corrected chi connectivity index (χ2v) is 7.06. The zero-order chi connectivity index (χ0) is 17.1. The lowest BCUT2D eigenvalue weighted by molar-refractivity contribution is -0.122. The van der Waals surface area contributed by atoms with Gasteiger partial charge in [-0.05, 0) is 50.0 Å². The van der Waals surface area contributed by atoms with Gasteiger partial charge in [0, 0.05) is 6.42 Å². The minimum absolute atomic E-state index is 0.0928. The molecule has 136 valence electrons. The number of nitrogens with one attached hydrogen (secondary N) is 1. The van der Waals surface area contributed by atoms with Crippen molar-refractivity contribution in [3.05, 3.63) is 23.8 Å². The summed E-state index contributed by atoms with van der Waals surface area (Å²) >= 11 is 0. The number of carbonyl (C=O) groups is 1. The highest BCUT2D eigenvalue weighted by Crippen LogP contribution is 2.32. The van der Waals surface area contributed by atoms with Crippen molar-refractivity contribution in [2.75, 3.05) is 33.1 Å². The molecule has 3 heterocycles. The Bertz CT molecular complexity index is 615. The molecule has 6 nitrogen and oxygen atoms in total. The molecule has 2 atom stereocenters. The molecule has 0 bridgehead atoms. The fourth-order valence-corrected chi connectivity index (χ4v) is 3.92. The van der Waals surface area contributed by atoms with Gasteiger partial charge in [-0.1, -0.05) is 12.5 Å². The van der Waals surface area contributed by atoms with Crippen molar-refractivity contribution in [3.8, 4) is 11.5 Å². The first-order valence-corrected chi connectivity index (χ1v) is 9.29. The highest BCUT2D eigenvalue weighted by atomic mass is 16.7. The number of aryl methyl sites for hydroxylation is 1. The van der Waals surface area contributed by atoms with Gasteiger partial charge in [0.15, 0.2) is 11.5 Å². The number of hydrogen-bond donors (Lipinski definition) is 1. The van der Waals surface area contributed by atoms with Gasteiger partial charge >= 0.3 is 0 Å². The third-order valence-corrected chi connectivity index (χ3v) is 5.33. The molecule has 2 fully saturated rings. The molecule has 0 aliphatic carbocycles. The van der Waals surface area contributed by atoms with E-state index in [1.807, 2.05) is 18.2 Å². The minimum atomic E-state index is 0.0928. The number of rotatable bonds is 5. The SMILES string of the molecule is O=C(CCc1ccc2c(c1)OCO2)N[C@@H]1COC[C@H]1N1CCCCC1. The molecule has 1 N–H and O–H groups in total. The van der Waals surface area contributed by atoms with E-state index >= 15 is 0 Å². The Morgan fingerprint density at radius 1 is 1.12 bits per heavy atom. The van der Waals surface area contributed by atoms with Crippen LogP contribution in [-0.4, -0.2) is 56.0 Å². The zero-order valence-corrected chi connectivity index (χ0v) is 14.5. The van der Waals surface area contributed by atoms with E-state index in [4.69, 9.17) is 14.2 Å². The summed E-state index contributed by atoms with van der Waals surface area (Å²) < 4.78 is 16.4. The summed E-state index contributed by atoms with van der Waals surface area (Å²) in [6, 6.07) is 6.31. The molecule has 3 aliphatic rings. The van der Waals surface area contributed by atoms with Crippen molar-refractivity contribution in [1.82, 2.24) is 10.2 Å². The third kappa shape index (κ3) is 3.90. The van der Waals surface area contributed by atoms with Crippen LogP contribution in [0.25, 0.3) is 0 Å². The maximum absolute atomic E-state index is 12.4. The van der Waals surface area contributed by atoms with E-state index in [2.05, 4.69) is 10.2 Å². The van der Waals surface area contributed by atoms with Crippen molar-refractivity contribution in [2.24, 2.45) is 0 Å². The van der Waals surface area contributed by atoms with Gasteiger partial charge in [0.25, 0.3) is 0 Å².